The van der Waals surface area contributed by atoms with Crippen LogP contribution >= 0.6 is 11.6 Å². The third-order valence-electron chi connectivity index (χ3n) is 8.06. The molecule has 1 aliphatic heterocycles. The van der Waals surface area contributed by atoms with E-state index >= 15 is 0 Å². The molecular weight excluding hydrogens is 602 g/mol. The summed E-state index contributed by atoms with van der Waals surface area (Å²) in [6.45, 7) is 1.76. The van der Waals surface area contributed by atoms with Gasteiger partial charge in [0, 0.05) is 30.1 Å². The molecule has 1 heterocycles. The Morgan fingerprint density at radius 2 is 1.64 bits per heavy atom. The van der Waals surface area contributed by atoms with Crippen LogP contribution in [0.4, 0.5) is 5.69 Å². The summed E-state index contributed by atoms with van der Waals surface area (Å²) in [6.07, 6.45) is 4.09. The first-order valence-corrected chi connectivity index (χ1v) is 17.0. The van der Waals surface area contributed by atoms with E-state index in [1.165, 1.54) is 11.8 Å². The Bertz CT molecular complexity index is 1560. The van der Waals surface area contributed by atoms with Gasteiger partial charge in [0.25, 0.3) is 0 Å². The van der Waals surface area contributed by atoms with Crippen LogP contribution in [0.1, 0.15) is 43.7 Å². The molecule has 0 bridgehead atoms. The Balaban J connectivity index is 1.53. The number of halogens is 1. The summed E-state index contributed by atoms with van der Waals surface area (Å²) in [4.78, 5) is 29.9. The zero-order valence-corrected chi connectivity index (χ0v) is 26.4. The Morgan fingerprint density at radius 3 is 2.34 bits per heavy atom. The van der Waals surface area contributed by atoms with Gasteiger partial charge >= 0.3 is 0 Å². The second kappa shape index (κ2) is 14.3. The molecular formula is C33H38ClN3O6S. The zero-order chi connectivity index (χ0) is 31.1. The topological polar surface area (TPSA) is 105 Å². The normalized spacial score (nSPS) is 15.4. The zero-order valence-electron chi connectivity index (χ0n) is 24.8. The fourth-order valence-electron chi connectivity index (χ4n) is 5.64. The van der Waals surface area contributed by atoms with Crippen molar-refractivity contribution < 1.29 is 27.5 Å². The minimum Gasteiger partial charge on any atom is -0.486 e. The summed E-state index contributed by atoms with van der Waals surface area (Å²) in [5, 5.41) is 3.62. The summed E-state index contributed by atoms with van der Waals surface area (Å²) in [5.41, 5.74) is 1.80. The molecule has 1 unspecified atom stereocenters. The number of nitrogens with zero attached hydrogens (tertiary/aromatic N) is 2. The van der Waals surface area contributed by atoms with Crippen molar-refractivity contribution >= 4 is 39.1 Å². The Labute approximate surface area is 264 Å². The third-order valence-corrected chi connectivity index (χ3v) is 10.2. The molecule has 1 aliphatic carbocycles. The second-order valence-corrected chi connectivity index (χ2v) is 13.6. The summed E-state index contributed by atoms with van der Waals surface area (Å²) < 4.78 is 39.3. The van der Waals surface area contributed by atoms with E-state index in [1.54, 1.807) is 36.4 Å². The van der Waals surface area contributed by atoms with Crippen molar-refractivity contribution in [3.05, 3.63) is 88.9 Å². The molecule has 44 heavy (non-hydrogen) atoms. The highest BCUT2D eigenvalue weighted by molar-refractivity contribution is 7.92. The van der Waals surface area contributed by atoms with Crippen molar-refractivity contribution in [1.29, 1.82) is 0 Å². The van der Waals surface area contributed by atoms with Gasteiger partial charge in [0.05, 0.1) is 11.4 Å². The maximum absolute atomic E-state index is 14.4. The van der Waals surface area contributed by atoms with Crippen LogP contribution in [0.15, 0.2) is 72.8 Å². The molecule has 3 aromatic carbocycles. The predicted molar refractivity (Wildman–Crippen MR) is 171 cm³/mol. The maximum Gasteiger partial charge on any atom is 0.244 e. The standard InChI is InChI=1S/C33H38ClN3O6S/c1-2-44(40,41)37(27-16-17-30-31(21-27)43-19-18-42-30)23-32(38)36(22-25-12-6-9-15-28(25)34)29(20-24-10-4-3-5-11-24)33(39)35-26-13-7-8-14-26/h3-6,9-12,15-17,21,26,29H,2,7-8,13-14,18-20,22-23H2,1H3,(H,35,39). The lowest BCUT2D eigenvalue weighted by Crippen LogP contribution is -2.54. The van der Waals surface area contributed by atoms with E-state index in [1.807, 2.05) is 36.4 Å². The highest BCUT2D eigenvalue weighted by atomic mass is 35.5. The van der Waals surface area contributed by atoms with Gasteiger partial charge in [-0.15, -0.1) is 0 Å². The summed E-state index contributed by atoms with van der Waals surface area (Å²) >= 11 is 6.55. The van der Waals surface area contributed by atoms with Crippen LogP contribution < -0.4 is 19.1 Å². The number of carbonyl (C=O) groups excluding carboxylic acids is 2. The van der Waals surface area contributed by atoms with E-state index in [9.17, 15) is 18.0 Å². The molecule has 11 heteroatoms. The van der Waals surface area contributed by atoms with Crippen molar-refractivity contribution in [3.8, 4) is 11.5 Å². The molecule has 1 saturated carbocycles. The van der Waals surface area contributed by atoms with Gasteiger partial charge in [0.2, 0.25) is 21.8 Å². The van der Waals surface area contributed by atoms with Crippen LogP contribution in [-0.2, 0) is 32.6 Å². The highest BCUT2D eigenvalue weighted by Gasteiger charge is 2.35. The number of benzene rings is 3. The highest BCUT2D eigenvalue weighted by Crippen LogP contribution is 2.35. The number of amides is 2. The second-order valence-electron chi connectivity index (χ2n) is 11.0. The van der Waals surface area contributed by atoms with Crippen LogP contribution in [0.3, 0.4) is 0 Å². The average Bonchev–Trinajstić information content (AvgIpc) is 3.55. The van der Waals surface area contributed by atoms with Crippen molar-refractivity contribution in [1.82, 2.24) is 10.2 Å². The number of carbonyl (C=O) groups is 2. The fraction of sp³-hybridized carbons (Fsp3) is 0.394. The molecule has 0 aromatic heterocycles. The van der Waals surface area contributed by atoms with Crippen molar-refractivity contribution in [3.63, 3.8) is 0 Å². The summed E-state index contributed by atoms with van der Waals surface area (Å²) in [6, 6.07) is 20.6. The molecule has 0 saturated heterocycles. The van der Waals surface area contributed by atoms with Crippen LogP contribution in [0.25, 0.3) is 0 Å². The van der Waals surface area contributed by atoms with Gasteiger partial charge in [-0.3, -0.25) is 13.9 Å². The van der Waals surface area contributed by atoms with Crippen LogP contribution in [-0.4, -0.2) is 62.7 Å². The summed E-state index contributed by atoms with van der Waals surface area (Å²) in [7, 11) is -3.91. The Kier molecular flexibility index (Phi) is 10.3. The summed E-state index contributed by atoms with van der Waals surface area (Å²) in [5.74, 6) is -0.116. The number of nitrogens with one attached hydrogen (secondary N) is 1. The molecule has 1 fully saturated rings. The lowest BCUT2D eigenvalue weighted by atomic mass is 10.0. The van der Waals surface area contributed by atoms with Gasteiger partial charge in [-0.25, -0.2) is 8.42 Å². The smallest absolute Gasteiger partial charge is 0.244 e. The molecule has 9 nitrogen and oxygen atoms in total. The van der Waals surface area contributed by atoms with E-state index in [4.69, 9.17) is 21.1 Å². The SMILES string of the molecule is CCS(=O)(=O)N(CC(=O)N(Cc1ccccc1Cl)C(Cc1ccccc1)C(=O)NC1CCCC1)c1ccc2c(c1)OCCO2. The number of fused-ring (bicyclic) bond motifs is 1. The lowest BCUT2D eigenvalue weighted by Gasteiger charge is -2.34. The third kappa shape index (κ3) is 7.65. The number of anilines is 1. The van der Waals surface area contributed by atoms with Gasteiger partial charge in [0.15, 0.2) is 11.5 Å². The van der Waals surface area contributed by atoms with Crippen molar-refractivity contribution in [2.45, 2.75) is 57.7 Å². The molecule has 2 aliphatic rings. The van der Waals surface area contributed by atoms with Gasteiger partial charge in [-0.05, 0) is 49.1 Å². The average molecular weight is 640 g/mol. The van der Waals surface area contributed by atoms with Gasteiger partial charge in [0.1, 0.15) is 25.8 Å². The number of hydrogen-bond acceptors (Lipinski definition) is 6. The molecule has 234 valence electrons. The fourth-order valence-corrected chi connectivity index (χ4v) is 6.89. The van der Waals surface area contributed by atoms with Crippen LogP contribution in [0.2, 0.25) is 5.02 Å². The van der Waals surface area contributed by atoms with E-state index in [-0.39, 0.29) is 36.4 Å². The first-order valence-electron chi connectivity index (χ1n) is 15.0. The predicted octanol–water partition coefficient (Wildman–Crippen LogP) is 4.97. The Morgan fingerprint density at radius 1 is 0.955 bits per heavy atom. The largest absolute Gasteiger partial charge is 0.486 e. The molecule has 3 aromatic rings. The van der Waals surface area contributed by atoms with E-state index in [0.29, 0.717) is 35.3 Å². The molecule has 1 atom stereocenters. The molecule has 0 spiro atoms. The monoisotopic (exact) mass is 639 g/mol. The van der Waals surface area contributed by atoms with E-state index in [2.05, 4.69) is 5.32 Å². The number of rotatable bonds is 12. The number of hydrogen-bond donors (Lipinski definition) is 1. The first-order chi connectivity index (χ1) is 21.2. The van der Waals surface area contributed by atoms with Crippen molar-refractivity contribution in [2.75, 3.05) is 29.8 Å². The Hall–Kier alpha value is -3.76. The van der Waals surface area contributed by atoms with Crippen LogP contribution in [0.5, 0.6) is 11.5 Å². The first kappa shape index (κ1) is 31.7. The molecule has 5 rings (SSSR count). The quantitative estimate of drug-likeness (QED) is 0.300. The van der Waals surface area contributed by atoms with Gasteiger partial charge < -0.3 is 19.7 Å². The maximum atomic E-state index is 14.4. The number of sulfonamides is 1. The molecule has 1 N–H and O–H groups in total. The molecule has 0 radical (unpaired) electrons. The minimum absolute atomic E-state index is 0.0231. The van der Waals surface area contributed by atoms with E-state index in [0.717, 1.165) is 35.6 Å². The number of ether oxygens (including phenoxy) is 2. The van der Waals surface area contributed by atoms with Crippen LogP contribution in [0, 0.1) is 0 Å². The van der Waals surface area contributed by atoms with Crippen molar-refractivity contribution in [2.24, 2.45) is 0 Å². The van der Waals surface area contributed by atoms with E-state index < -0.39 is 28.5 Å². The van der Waals surface area contributed by atoms with Gasteiger partial charge in [-0.1, -0.05) is 73.0 Å². The lowest BCUT2D eigenvalue weighted by molar-refractivity contribution is -0.140. The molecule has 2 amide bonds. The van der Waals surface area contributed by atoms with Gasteiger partial charge in [-0.2, -0.15) is 0 Å². The minimum atomic E-state index is -3.91.